The summed E-state index contributed by atoms with van der Waals surface area (Å²) in [5.41, 5.74) is 6.11. The van der Waals surface area contributed by atoms with E-state index in [1.807, 2.05) is 4.98 Å². The Bertz CT molecular complexity index is 2350. The van der Waals surface area contributed by atoms with Crippen molar-refractivity contribution in [3.05, 3.63) is 56.8 Å². The maximum atomic E-state index is 12.5. The number of phosphoric acid groups is 2. The first-order valence-corrected chi connectivity index (χ1v) is 18.4. The number of imidazole rings is 1. The van der Waals surface area contributed by atoms with Crippen LogP contribution in [0.1, 0.15) is 17.4 Å². The van der Waals surface area contributed by atoms with Crippen LogP contribution in [0.3, 0.4) is 0 Å². The number of nitrogens with zero attached hydrogens (tertiary/aromatic N) is 7. The van der Waals surface area contributed by atoms with Gasteiger partial charge < -0.3 is 50.4 Å². The third-order valence-electron chi connectivity index (χ3n) is 8.40. The first-order chi connectivity index (χ1) is 24.9. The number of phosphoric ester groups is 2. The zero-order chi connectivity index (χ0) is 38.6. The smallest absolute Gasteiger partial charge is 0.388 e. The van der Waals surface area contributed by atoms with Gasteiger partial charge in [0.15, 0.2) is 29.2 Å². The summed E-state index contributed by atoms with van der Waals surface area (Å²) in [7, 11) is -11.0. The van der Waals surface area contributed by atoms with Gasteiger partial charge in [-0.25, -0.2) is 33.9 Å². The number of nitrogens with one attached hydrogen (secondary N) is 1. The number of benzene rings is 1. The number of nitrogen functional groups attached to an aromatic ring is 1. The molecule has 3 aliphatic rings. The van der Waals surface area contributed by atoms with E-state index in [0.29, 0.717) is 5.52 Å². The molecule has 3 aromatic rings. The Kier molecular flexibility index (Phi) is 10.6. The van der Waals surface area contributed by atoms with E-state index in [9.17, 15) is 54.0 Å². The van der Waals surface area contributed by atoms with E-state index in [4.69, 9.17) is 15.0 Å². The van der Waals surface area contributed by atoms with Gasteiger partial charge in [0.05, 0.1) is 37.1 Å². The molecule has 0 spiro atoms. The zero-order valence-electron chi connectivity index (χ0n) is 27.5. The Balaban J connectivity index is 1.07. The molecule has 0 saturated carbocycles. The summed E-state index contributed by atoms with van der Waals surface area (Å²) in [6.45, 7) is 0.795. The average molecular weight is 786 g/mol. The third kappa shape index (κ3) is 7.91. The van der Waals surface area contributed by atoms with Crippen LogP contribution in [0.4, 0.5) is 5.82 Å². The molecule has 24 nitrogen and oxygen atoms in total. The molecule has 1 aromatic carbocycles. The van der Waals surface area contributed by atoms with Crippen LogP contribution in [0.25, 0.3) is 33.7 Å². The van der Waals surface area contributed by atoms with Crippen molar-refractivity contribution in [2.75, 3.05) is 18.9 Å². The lowest BCUT2D eigenvalue weighted by Gasteiger charge is -2.26. The van der Waals surface area contributed by atoms with Crippen molar-refractivity contribution in [1.29, 1.82) is 0 Å². The third-order valence-corrected chi connectivity index (χ3v) is 11.0. The van der Waals surface area contributed by atoms with Crippen molar-refractivity contribution in [1.82, 2.24) is 39.0 Å². The van der Waals surface area contributed by atoms with Crippen molar-refractivity contribution in [2.45, 2.75) is 63.2 Å². The summed E-state index contributed by atoms with van der Waals surface area (Å²) >= 11 is 0. The highest BCUT2D eigenvalue weighted by atomic mass is 31.3. The molecule has 0 amide bonds. The number of hydrogen-bond donors (Lipinski definition) is 9. The van der Waals surface area contributed by atoms with E-state index >= 15 is 0 Å². The molecule has 5 heterocycles. The molecule has 1 fully saturated rings. The van der Waals surface area contributed by atoms with E-state index < -0.39 is 89.5 Å². The Morgan fingerprint density at radius 1 is 0.981 bits per heavy atom. The first kappa shape index (κ1) is 38.6. The molecule has 53 heavy (non-hydrogen) atoms. The molecule has 2 aromatic heterocycles. The average Bonchev–Trinajstić information content (AvgIpc) is 3.63. The van der Waals surface area contributed by atoms with Gasteiger partial charge >= 0.3 is 21.3 Å². The molecule has 286 valence electrons. The summed E-state index contributed by atoms with van der Waals surface area (Å²) in [5.74, 6) is -0.212. The van der Waals surface area contributed by atoms with Gasteiger partial charge in [-0.1, -0.05) is 0 Å². The fourth-order valence-corrected chi connectivity index (χ4v) is 7.65. The molecule has 9 atom stereocenters. The minimum Gasteiger partial charge on any atom is -0.388 e. The second kappa shape index (κ2) is 14.6. The predicted molar refractivity (Wildman–Crippen MR) is 177 cm³/mol. The van der Waals surface area contributed by atoms with Gasteiger partial charge in [0.2, 0.25) is 0 Å². The van der Waals surface area contributed by atoms with Gasteiger partial charge in [0.1, 0.15) is 48.5 Å². The van der Waals surface area contributed by atoms with Crippen molar-refractivity contribution in [3.63, 3.8) is 0 Å². The SMILES string of the molecule is Cc1cc2nc3c(=O)[nH]c(=O)nc-3n(C[C@H](O)[C@H](O)[C@H](O)COP(=O)(O)OP(=O)(O)OC[C@H]3O[C@@H](n4cnc5c(N)ncnc54)[C@@H](O)C3O)c2cc1C. The summed E-state index contributed by atoms with van der Waals surface area (Å²) in [6, 6.07) is 3.29. The highest BCUT2D eigenvalue weighted by Gasteiger charge is 2.46. The van der Waals surface area contributed by atoms with Gasteiger partial charge in [0.25, 0.3) is 5.56 Å². The minimum absolute atomic E-state index is 0.0293. The number of aliphatic hydroxyl groups is 5. The molecule has 0 bridgehead atoms. The number of hydrogen-bond acceptors (Lipinski definition) is 19. The van der Waals surface area contributed by atoms with Crippen LogP contribution in [0.15, 0.2) is 34.4 Å². The molecule has 0 radical (unpaired) electrons. The second-order valence-electron chi connectivity index (χ2n) is 12.1. The number of aryl methyl sites for hydroxylation is 2. The van der Waals surface area contributed by atoms with Crippen LogP contribution in [0.5, 0.6) is 0 Å². The number of anilines is 1. The van der Waals surface area contributed by atoms with Gasteiger partial charge in [0, 0.05) is 0 Å². The maximum absolute atomic E-state index is 12.5. The lowest BCUT2D eigenvalue weighted by molar-refractivity contribution is -0.0794. The molecule has 10 N–H and O–H groups in total. The van der Waals surface area contributed by atoms with Gasteiger partial charge in [-0.3, -0.25) is 23.4 Å². The molecule has 0 aliphatic carbocycles. The normalized spacial score (nSPS) is 23.3. The molecular weight excluding hydrogens is 752 g/mol. The van der Waals surface area contributed by atoms with E-state index in [1.54, 1.807) is 26.0 Å². The highest BCUT2D eigenvalue weighted by Crippen LogP contribution is 2.60. The summed E-state index contributed by atoms with van der Waals surface area (Å²) in [6.07, 6.45) is -9.93. The number of rotatable bonds is 13. The number of aromatic amines is 1. The largest absolute Gasteiger partial charge is 0.481 e. The first-order valence-electron chi connectivity index (χ1n) is 15.4. The summed E-state index contributed by atoms with van der Waals surface area (Å²) < 4.78 is 46.6. The van der Waals surface area contributed by atoms with Crippen LogP contribution >= 0.6 is 15.6 Å². The van der Waals surface area contributed by atoms with Crippen LogP contribution in [-0.2, 0) is 33.8 Å². The van der Waals surface area contributed by atoms with Crippen molar-refractivity contribution < 1.29 is 62.5 Å². The lowest BCUT2D eigenvalue weighted by Crippen LogP contribution is -2.42. The quantitative estimate of drug-likeness (QED) is 0.0443. The molecule has 26 heteroatoms. The predicted octanol–water partition coefficient (Wildman–Crippen LogP) is -2.42. The van der Waals surface area contributed by atoms with Gasteiger partial charge in [-0.15, -0.1) is 0 Å². The monoisotopic (exact) mass is 785 g/mol. The highest BCUT2D eigenvalue weighted by molar-refractivity contribution is 7.61. The minimum atomic E-state index is -5.54. The van der Waals surface area contributed by atoms with Crippen molar-refractivity contribution in [3.8, 4) is 11.5 Å². The second-order valence-corrected chi connectivity index (χ2v) is 15.1. The van der Waals surface area contributed by atoms with E-state index in [2.05, 4.69) is 33.8 Å². The number of ether oxygens (including phenoxy) is 1. The summed E-state index contributed by atoms with van der Waals surface area (Å²) in [5, 5.41) is 53.0. The number of aromatic nitrogens is 8. The lowest BCUT2D eigenvalue weighted by atomic mass is 10.1. The summed E-state index contributed by atoms with van der Waals surface area (Å²) in [4.78, 5) is 66.6. The van der Waals surface area contributed by atoms with Crippen LogP contribution in [0, 0.1) is 13.8 Å². The zero-order valence-corrected chi connectivity index (χ0v) is 29.3. The number of aliphatic hydroxyl groups excluding tert-OH is 5. The number of H-pyrrole nitrogens is 1. The molecule has 1 saturated heterocycles. The number of nitrogens with two attached hydrogens (primary N) is 1. The van der Waals surface area contributed by atoms with Crippen molar-refractivity contribution >= 4 is 43.7 Å². The van der Waals surface area contributed by atoms with Gasteiger partial charge in [-0.05, 0) is 37.1 Å². The Morgan fingerprint density at radius 2 is 1.68 bits per heavy atom. The van der Waals surface area contributed by atoms with Crippen LogP contribution in [0.2, 0.25) is 0 Å². The van der Waals surface area contributed by atoms with E-state index in [1.165, 1.54) is 15.5 Å². The molecular formula is C27H33N9O15P2. The fraction of sp³-hybridized carbons (Fsp3) is 0.444. The number of fused-ring (bicyclic) bond motifs is 3. The molecule has 3 aliphatic heterocycles. The fourth-order valence-electron chi connectivity index (χ4n) is 5.55. The molecule has 3 unspecified atom stereocenters. The van der Waals surface area contributed by atoms with Crippen LogP contribution < -0.4 is 17.0 Å². The van der Waals surface area contributed by atoms with E-state index in [0.717, 1.165) is 17.5 Å². The van der Waals surface area contributed by atoms with E-state index in [-0.39, 0.29) is 34.0 Å². The maximum Gasteiger partial charge on any atom is 0.481 e. The Hall–Kier alpha value is -4.13. The molecule has 6 rings (SSSR count). The van der Waals surface area contributed by atoms with Crippen LogP contribution in [-0.4, -0.2) is 124 Å². The topological polar surface area (TPSA) is 363 Å². The van der Waals surface area contributed by atoms with Crippen molar-refractivity contribution in [2.24, 2.45) is 0 Å². The Morgan fingerprint density at radius 3 is 2.42 bits per heavy atom. The standard InChI is InChI=1S/C27H33N9O15P2/c1-10-3-12-13(4-11(10)2)35(24-18(32-12)25(42)34-27(43)33-24)5-14(37)19(39)15(38)6-48-52(44,45)51-53(46,47)49-7-16-20(40)21(41)26(50-16)36-9-31-17-22(28)29-8-30-23(17)36/h3-4,8-9,14-16,19-21,26,37-41H,5-7H2,1-2H3,(H,44,45)(H,46,47)(H2,28,29,30)(H,34,42,43)/t14-,15+,16+,19-,20?,21-,26+/m0/s1. The van der Waals surface area contributed by atoms with Gasteiger partial charge in [-0.2, -0.15) is 9.29 Å². The Labute approximate surface area is 295 Å².